The van der Waals surface area contributed by atoms with Gasteiger partial charge in [-0.1, -0.05) is 17.2 Å². The van der Waals surface area contributed by atoms with Gasteiger partial charge in [0.25, 0.3) is 0 Å². The third kappa shape index (κ3) is 2.44. The summed E-state index contributed by atoms with van der Waals surface area (Å²) in [4.78, 5) is 0. The second-order valence-corrected chi connectivity index (χ2v) is 4.22. The SMILES string of the molecule is CC(C)=CC(=N)C1=C(C)CCC=C1C. The van der Waals surface area contributed by atoms with Crippen LogP contribution in [-0.2, 0) is 0 Å². The highest BCUT2D eigenvalue weighted by Crippen LogP contribution is 2.25. The molecule has 0 aromatic heterocycles. The molecule has 0 aliphatic heterocycles. The number of rotatable bonds is 2. The van der Waals surface area contributed by atoms with Crippen LogP contribution in [0, 0.1) is 5.41 Å². The number of allylic oxidation sites excluding steroid dienone is 6. The van der Waals surface area contributed by atoms with E-state index in [1.54, 1.807) is 0 Å². The lowest BCUT2D eigenvalue weighted by Gasteiger charge is -2.16. The van der Waals surface area contributed by atoms with Crippen LogP contribution >= 0.6 is 0 Å². The molecule has 76 valence electrons. The molecule has 1 nitrogen and oxygen atoms in total. The summed E-state index contributed by atoms with van der Waals surface area (Å²) in [6.45, 7) is 8.31. The van der Waals surface area contributed by atoms with E-state index in [1.165, 1.54) is 16.7 Å². The van der Waals surface area contributed by atoms with Crippen molar-refractivity contribution in [1.82, 2.24) is 0 Å². The van der Waals surface area contributed by atoms with Crippen molar-refractivity contribution in [2.45, 2.75) is 40.5 Å². The van der Waals surface area contributed by atoms with Gasteiger partial charge >= 0.3 is 0 Å². The maximum atomic E-state index is 8.00. The van der Waals surface area contributed by atoms with E-state index in [0.29, 0.717) is 5.71 Å². The number of nitrogens with one attached hydrogen (secondary N) is 1. The van der Waals surface area contributed by atoms with E-state index in [4.69, 9.17) is 5.41 Å². The minimum atomic E-state index is 0.663. The Balaban J connectivity index is 3.02. The number of hydrogen-bond acceptors (Lipinski definition) is 1. The van der Waals surface area contributed by atoms with Crippen LogP contribution in [0.3, 0.4) is 0 Å². The third-order valence-corrected chi connectivity index (χ3v) is 2.49. The van der Waals surface area contributed by atoms with E-state index in [2.05, 4.69) is 19.9 Å². The average Bonchev–Trinajstić information content (AvgIpc) is 2.01. The molecule has 0 saturated heterocycles. The third-order valence-electron chi connectivity index (χ3n) is 2.49. The summed E-state index contributed by atoms with van der Waals surface area (Å²) in [5.41, 5.74) is 5.62. The Bertz CT molecular complexity index is 336. The lowest BCUT2D eigenvalue weighted by molar-refractivity contribution is 0.933. The van der Waals surface area contributed by atoms with Crippen LogP contribution in [0.2, 0.25) is 0 Å². The summed E-state index contributed by atoms with van der Waals surface area (Å²) in [7, 11) is 0. The average molecular weight is 189 g/mol. The van der Waals surface area contributed by atoms with Crippen molar-refractivity contribution in [3.8, 4) is 0 Å². The zero-order valence-electron chi connectivity index (χ0n) is 9.57. The predicted octanol–water partition coefficient (Wildman–Crippen LogP) is 4.03. The molecular weight excluding hydrogens is 170 g/mol. The molecule has 1 rings (SSSR count). The topological polar surface area (TPSA) is 23.9 Å². The van der Waals surface area contributed by atoms with Crippen molar-refractivity contribution in [3.05, 3.63) is 34.4 Å². The fourth-order valence-electron chi connectivity index (χ4n) is 1.87. The van der Waals surface area contributed by atoms with Gasteiger partial charge in [-0.15, -0.1) is 0 Å². The van der Waals surface area contributed by atoms with E-state index in [0.717, 1.165) is 18.4 Å². The summed E-state index contributed by atoms with van der Waals surface area (Å²) in [6, 6.07) is 0. The Kier molecular flexibility index (Phi) is 3.45. The quantitative estimate of drug-likeness (QED) is 0.634. The first-order valence-corrected chi connectivity index (χ1v) is 5.13. The van der Waals surface area contributed by atoms with Crippen molar-refractivity contribution in [1.29, 1.82) is 5.41 Å². The van der Waals surface area contributed by atoms with Crippen LogP contribution in [0.1, 0.15) is 40.5 Å². The molecule has 1 N–H and O–H groups in total. The fourth-order valence-corrected chi connectivity index (χ4v) is 1.87. The lowest BCUT2D eigenvalue weighted by atomic mass is 9.89. The molecule has 0 aromatic rings. The highest BCUT2D eigenvalue weighted by Gasteiger charge is 2.12. The molecule has 0 unspecified atom stereocenters. The van der Waals surface area contributed by atoms with Gasteiger partial charge in [0.1, 0.15) is 0 Å². The van der Waals surface area contributed by atoms with Crippen LogP contribution in [-0.4, -0.2) is 5.71 Å². The molecule has 0 amide bonds. The molecule has 0 saturated carbocycles. The number of hydrogen-bond donors (Lipinski definition) is 1. The molecule has 0 fully saturated rings. The lowest BCUT2D eigenvalue weighted by Crippen LogP contribution is -2.06. The van der Waals surface area contributed by atoms with Gasteiger partial charge in [0, 0.05) is 5.57 Å². The maximum absolute atomic E-state index is 8.00. The molecule has 1 aliphatic rings. The molecule has 1 aliphatic carbocycles. The van der Waals surface area contributed by atoms with Gasteiger partial charge in [-0.25, -0.2) is 0 Å². The predicted molar refractivity (Wildman–Crippen MR) is 62.8 cm³/mol. The van der Waals surface area contributed by atoms with Crippen molar-refractivity contribution in [2.75, 3.05) is 0 Å². The van der Waals surface area contributed by atoms with E-state index >= 15 is 0 Å². The zero-order chi connectivity index (χ0) is 10.7. The highest BCUT2D eigenvalue weighted by molar-refractivity contribution is 6.10. The monoisotopic (exact) mass is 189 g/mol. The van der Waals surface area contributed by atoms with Gasteiger partial charge in [-0.05, 0) is 52.2 Å². The van der Waals surface area contributed by atoms with Gasteiger partial charge in [-0.3, -0.25) is 0 Å². The van der Waals surface area contributed by atoms with Gasteiger partial charge in [0.05, 0.1) is 5.71 Å². The first-order chi connectivity index (χ1) is 6.52. The molecule has 1 heteroatoms. The Morgan fingerprint density at radius 1 is 1.36 bits per heavy atom. The minimum absolute atomic E-state index is 0.663. The zero-order valence-corrected chi connectivity index (χ0v) is 9.57. The first kappa shape index (κ1) is 11.0. The minimum Gasteiger partial charge on any atom is -0.300 e. The van der Waals surface area contributed by atoms with Crippen LogP contribution in [0.25, 0.3) is 0 Å². The van der Waals surface area contributed by atoms with Gasteiger partial charge in [-0.2, -0.15) is 0 Å². The first-order valence-electron chi connectivity index (χ1n) is 5.13. The van der Waals surface area contributed by atoms with Gasteiger partial charge < -0.3 is 5.41 Å². The van der Waals surface area contributed by atoms with Crippen LogP contribution in [0.4, 0.5) is 0 Å². The fraction of sp³-hybridized carbons (Fsp3) is 0.462. The Morgan fingerprint density at radius 3 is 2.50 bits per heavy atom. The van der Waals surface area contributed by atoms with E-state index in [-0.39, 0.29) is 0 Å². The molecule has 0 aromatic carbocycles. The molecule has 14 heavy (non-hydrogen) atoms. The van der Waals surface area contributed by atoms with Crippen molar-refractivity contribution < 1.29 is 0 Å². The van der Waals surface area contributed by atoms with Crippen molar-refractivity contribution in [2.24, 2.45) is 0 Å². The summed E-state index contributed by atoms with van der Waals surface area (Å²) >= 11 is 0. The molecule has 0 heterocycles. The summed E-state index contributed by atoms with van der Waals surface area (Å²) in [5.74, 6) is 0. The van der Waals surface area contributed by atoms with Crippen molar-refractivity contribution >= 4 is 5.71 Å². The standard InChI is InChI=1S/C13H19N/c1-9(2)8-12(14)13-10(3)6-5-7-11(13)4/h6,8,14H,5,7H2,1-4H3. The molecule has 0 spiro atoms. The van der Waals surface area contributed by atoms with Crippen LogP contribution < -0.4 is 0 Å². The maximum Gasteiger partial charge on any atom is 0.0613 e. The second-order valence-electron chi connectivity index (χ2n) is 4.22. The summed E-state index contributed by atoms with van der Waals surface area (Å²) in [5, 5.41) is 8.00. The van der Waals surface area contributed by atoms with Crippen LogP contribution in [0.5, 0.6) is 0 Å². The summed E-state index contributed by atoms with van der Waals surface area (Å²) in [6.07, 6.45) is 6.41. The summed E-state index contributed by atoms with van der Waals surface area (Å²) < 4.78 is 0. The molecule has 0 bridgehead atoms. The van der Waals surface area contributed by atoms with Crippen molar-refractivity contribution in [3.63, 3.8) is 0 Å². The molecule has 0 radical (unpaired) electrons. The van der Waals surface area contributed by atoms with E-state index < -0.39 is 0 Å². The largest absolute Gasteiger partial charge is 0.300 e. The van der Waals surface area contributed by atoms with E-state index in [9.17, 15) is 0 Å². The Labute approximate surface area is 86.7 Å². The van der Waals surface area contributed by atoms with Gasteiger partial charge in [0.2, 0.25) is 0 Å². The van der Waals surface area contributed by atoms with Crippen LogP contribution in [0.15, 0.2) is 34.4 Å². The van der Waals surface area contributed by atoms with E-state index in [1.807, 2.05) is 19.9 Å². The Hall–Kier alpha value is -1.11. The van der Waals surface area contributed by atoms with Gasteiger partial charge in [0.15, 0.2) is 0 Å². The smallest absolute Gasteiger partial charge is 0.0613 e. The second kappa shape index (κ2) is 4.41. The molecular formula is C13H19N. The normalized spacial score (nSPS) is 16.4. The highest BCUT2D eigenvalue weighted by atomic mass is 14.4. The Morgan fingerprint density at radius 2 is 2.00 bits per heavy atom. The molecule has 0 atom stereocenters.